The van der Waals surface area contributed by atoms with Gasteiger partial charge in [0.25, 0.3) is 0 Å². The highest BCUT2D eigenvalue weighted by Crippen LogP contribution is 2.27. The van der Waals surface area contributed by atoms with Crippen LogP contribution in [0.2, 0.25) is 0 Å². The van der Waals surface area contributed by atoms with Crippen molar-refractivity contribution < 1.29 is 4.79 Å². The third kappa shape index (κ3) is 4.27. The molecular weight excluding hydrogens is 278 g/mol. The van der Waals surface area contributed by atoms with Crippen molar-refractivity contribution in [3.63, 3.8) is 0 Å². The molecule has 0 bridgehead atoms. The lowest BCUT2D eigenvalue weighted by atomic mass is 9.96. The Balaban J connectivity index is 1.72. The van der Waals surface area contributed by atoms with Gasteiger partial charge in [-0.15, -0.1) is 0 Å². The van der Waals surface area contributed by atoms with E-state index in [2.05, 4.69) is 21.2 Å². The zero-order chi connectivity index (χ0) is 12.1. The van der Waals surface area contributed by atoms with Gasteiger partial charge in [0.05, 0.1) is 0 Å². The average molecular weight is 302 g/mol. The van der Waals surface area contributed by atoms with E-state index in [0.29, 0.717) is 16.8 Å². The molecule has 0 radical (unpaired) electrons. The molecule has 0 saturated heterocycles. The molecule has 17 heavy (non-hydrogen) atoms. The Morgan fingerprint density at radius 1 is 1.00 bits per heavy atom. The van der Waals surface area contributed by atoms with Crippen LogP contribution in [0, 0.1) is 5.92 Å². The number of hydrogen-bond acceptors (Lipinski definition) is 1. The Morgan fingerprint density at radius 2 is 1.71 bits per heavy atom. The third-order valence-electron chi connectivity index (χ3n) is 4.23. The van der Waals surface area contributed by atoms with E-state index in [1.165, 1.54) is 51.4 Å². The first-order chi connectivity index (χ1) is 8.25. The molecule has 2 aliphatic rings. The highest BCUT2D eigenvalue weighted by Gasteiger charge is 2.27. The van der Waals surface area contributed by atoms with Crippen LogP contribution in [0.4, 0.5) is 0 Å². The van der Waals surface area contributed by atoms with Crippen molar-refractivity contribution in [2.75, 3.05) is 0 Å². The van der Waals surface area contributed by atoms with Gasteiger partial charge >= 0.3 is 0 Å². The Labute approximate surface area is 113 Å². The predicted molar refractivity (Wildman–Crippen MR) is 74.3 cm³/mol. The van der Waals surface area contributed by atoms with Gasteiger partial charge in [-0.05, 0) is 31.6 Å². The van der Waals surface area contributed by atoms with E-state index in [9.17, 15) is 4.79 Å². The molecule has 2 nitrogen and oxygen atoms in total. The van der Waals surface area contributed by atoms with Crippen LogP contribution in [-0.2, 0) is 4.79 Å². The second-order valence-electron chi connectivity index (χ2n) is 5.68. The highest BCUT2D eigenvalue weighted by molar-refractivity contribution is 9.09. The van der Waals surface area contributed by atoms with Crippen molar-refractivity contribution in [1.82, 2.24) is 5.32 Å². The summed E-state index contributed by atoms with van der Waals surface area (Å²) in [4.78, 5) is 12.5. The van der Waals surface area contributed by atoms with Crippen LogP contribution >= 0.6 is 15.9 Å². The van der Waals surface area contributed by atoms with Crippen molar-refractivity contribution in [1.29, 1.82) is 0 Å². The molecule has 0 aromatic carbocycles. The SMILES string of the molecule is O=C(CC1CCCCCC1)NC1CCCC1Br. The number of halogens is 1. The molecule has 1 amide bonds. The molecule has 1 N–H and O–H groups in total. The van der Waals surface area contributed by atoms with Gasteiger partial charge in [0.15, 0.2) is 0 Å². The largest absolute Gasteiger partial charge is 0.352 e. The molecule has 2 fully saturated rings. The lowest BCUT2D eigenvalue weighted by molar-refractivity contribution is -0.122. The Morgan fingerprint density at radius 3 is 2.29 bits per heavy atom. The normalized spacial score (nSPS) is 31.1. The summed E-state index contributed by atoms with van der Waals surface area (Å²) >= 11 is 3.66. The lowest BCUT2D eigenvalue weighted by Crippen LogP contribution is -2.38. The fourth-order valence-electron chi connectivity index (χ4n) is 3.17. The summed E-state index contributed by atoms with van der Waals surface area (Å²) in [5.74, 6) is 0.931. The number of carbonyl (C=O) groups is 1. The number of amides is 1. The number of rotatable bonds is 3. The molecule has 2 unspecified atom stereocenters. The summed E-state index contributed by atoms with van der Waals surface area (Å²) in [5.41, 5.74) is 0. The molecule has 98 valence electrons. The van der Waals surface area contributed by atoms with Gasteiger partial charge in [0.2, 0.25) is 5.91 Å². The van der Waals surface area contributed by atoms with Crippen LogP contribution in [0.25, 0.3) is 0 Å². The zero-order valence-electron chi connectivity index (χ0n) is 10.6. The van der Waals surface area contributed by atoms with Gasteiger partial charge in [-0.3, -0.25) is 4.79 Å². The standard InChI is InChI=1S/C14H24BrNO/c15-12-8-5-9-13(12)16-14(17)10-11-6-3-1-2-4-7-11/h11-13H,1-10H2,(H,16,17). The molecule has 2 rings (SSSR count). The van der Waals surface area contributed by atoms with Gasteiger partial charge in [-0.1, -0.05) is 48.0 Å². The van der Waals surface area contributed by atoms with Crippen LogP contribution in [-0.4, -0.2) is 16.8 Å². The quantitative estimate of drug-likeness (QED) is 0.624. The minimum atomic E-state index is 0.285. The summed E-state index contributed by atoms with van der Waals surface area (Å²) in [5, 5.41) is 3.21. The van der Waals surface area contributed by atoms with E-state index in [0.717, 1.165) is 12.8 Å². The van der Waals surface area contributed by atoms with Crippen LogP contribution in [0.3, 0.4) is 0 Å². The van der Waals surface area contributed by atoms with Crippen molar-refractivity contribution >= 4 is 21.8 Å². The average Bonchev–Trinajstić information content (AvgIpc) is 2.55. The monoisotopic (exact) mass is 301 g/mol. The molecule has 0 aliphatic heterocycles. The molecule has 2 aliphatic carbocycles. The summed E-state index contributed by atoms with van der Waals surface area (Å²) in [7, 11) is 0. The maximum Gasteiger partial charge on any atom is 0.220 e. The van der Waals surface area contributed by atoms with Crippen LogP contribution < -0.4 is 5.32 Å². The number of nitrogens with one attached hydrogen (secondary N) is 1. The van der Waals surface area contributed by atoms with Crippen molar-refractivity contribution in [3.05, 3.63) is 0 Å². The zero-order valence-corrected chi connectivity index (χ0v) is 12.2. The second kappa shape index (κ2) is 6.77. The summed E-state index contributed by atoms with van der Waals surface area (Å²) in [6, 6.07) is 0.383. The van der Waals surface area contributed by atoms with E-state index >= 15 is 0 Å². The van der Waals surface area contributed by atoms with E-state index in [-0.39, 0.29) is 5.91 Å². The fourth-order valence-corrected chi connectivity index (χ4v) is 3.89. The molecule has 3 heteroatoms. The molecule has 0 spiro atoms. The van der Waals surface area contributed by atoms with Crippen LogP contribution in [0.5, 0.6) is 0 Å². The third-order valence-corrected chi connectivity index (χ3v) is 5.32. The van der Waals surface area contributed by atoms with Gasteiger partial charge in [0, 0.05) is 17.3 Å². The Hall–Kier alpha value is -0.0500. The van der Waals surface area contributed by atoms with Crippen molar-refractivity contribution in [3.8, 4) is 0 Å². The Kier molecular flexibility index (Phi) is 5.33. The highest BCUT2D eigenvalue weighted by atomic mass is 79.9. The second-order valence-corrected chi connectivity index (χ2v) is 6.86. The number of alkyl halides is 1. The lowest BCUT2D eigenvalue weighted by Gasteiger charge is -2.19. The first-order valence-electron chi connectivity index (χ1n) is 7.19. The summed E-state index contributed by atoms with van der Waals surface area (Å²) in [6.07, 6.45) is 12.2. The fraction of sp³-hybridized carbons (Fsp3) is 0.929. The van der Waals surface area contributed by atoms with E-state index in [1.807, 2.05) is 0 Å². The molecular formula is C14H24BrNO. The van der Waals surface area contributed by atoms with Crippen molar-refractivity contribution in [2.45, 2.75) is 75.1 Å². The Bertz CT molecular complexity index is 249. The number of hydrogen-bond donors (Lipinski definition) is 1. The van der Waals surface area contributed by atoms with Crippen molar-refractivity contribution in [2.24, 2.45) is 5.92 Å². The van der Waals surface area contributed by atoms with Gasteiger partial charge < -0.3 is 5.32 Å². The predicted octanol–water partition coefficient (Wildman–Crippen LogP) is 3.78. The van der Waals surface area contributed by atoms with Crippen LogP contribution in [0.15, 0.2) is 0 Å². The van der Waals surface area contributed by atoms with E-state index < -0.39 is 0 Å². The smallest absolute Gasteiger partial charge is 0.220 e. The van der Waals surface area contributed by atoms with Crippen LogP contribution in [0.1, 0.15) is 64.2 Å². The minimum absolute atomic E-state index is 0.285. The first-order valence-corrected chi connectivity index (χ1v) is 8.10. The minimum Gasteiger partial charge on any atom is -0.352 e. The number of carbonyl (C=O) groups excluding carboxylic acids is 1. The summed E-state index contributed by atoms with van der Waals surface area (Å²) < 4.78 is 0. The molecule has 2 atom stereocenters. The molecule has 2 saturated carbocycles. The molecule has 0 heterocycles. The maximum atomic E-state index is 12.0. The van der Waals surface area contributed by atoms with E-state index in [4.69, 9.17) is 0 Å². The van der Waals surface area contributed by atoms with Gasteiger partial charge in [-0.25, -0.2) is 0 Å². The summed E-state index contributed by atoms with van der Waals surface area (Å²) in [6.45, 7) is 0. The molecule has 0 aromatic heterocycles. The van der Waals surface area contributed by atoms with E-state index in [1.54, 1.807) is 0 Å². The van der Waals surface area contributed by atoms with Gasteiger partial charge in [-0.2, -0.15) is 0 Å². The van der Waals surface area contributed by atoms with Gasteiger partial charge in [0.1, 0.15) is 0 Å². The molecule has 0 aromatic rings. The first kappa shape index (κ1) is 13.4. The maximum absolute atomic E-state index is 12.0. The topological polar surface area (TPSA) is 29.1 Å².